The smallest absolute Gasteiger partial charge is 0.407 e. The summed E-state index contributed by atoms with van der Waals surface area (Å²) in [6.45, 7) is 0.238. The Hall–Kier alpha value is -3.35. The summed E-state index contributed by atoms with van der Waals surface area (Å²) in [5.41, 5.74) is 4.67. The van der Waals surface area contributed by atoms with Gasteiger partial charge in [0.25, 0.3) is 0 Å². The van der Waals surface area contributed by atoms with E-state index in [1.807, 2.05) is 24.3 Å². The number of fused-ring (bicyclic) bond motifs is 3. The monoisotopic (exact) mass is 462 g/mol. The van der Waals surface area contributed by atoms with Gasteiger partial charge in [-0.25, -0.2) is 4.79 Å². The molecule has 2 aromatic carbocycles. The van der Waals surface area contributed by atoms with Gasteiger partial charge in [-0.3, -0.25) is 9.59 Å². The summed E-state index contributed by atoms with van der Waals surface area (Å²) in [5.74, 6) is -1.61. The van der Waals surface area contributed by atoms with Gasteiger partial charge in [-0.2, -0.15) is 0 Å². The van der Waals surface area contributed by atoms with Crippen molar-refractivity contribution in [2.45, 2.75) is 56.5 Å². The van der Waals surface area contributed by atoms with E-state index in [1.54, 1.807) is 0 Å². The first kappa shape index (κ1) is 22.4. The van der Waals surface area contributed by atoms with E-state index in [0.717, 1.165) is 24.0 Å². The van der Waals surface area contributed by atoms with Crippen LogP contribution >= 0.6 is 0 Å². The lowest BCUT2D eigenvalue weighted by Gasteiger charge is -2.23. The van der Waals surface area contributed by atoms with Crippen LogP contribution in [0.25, 0.3) is 11.1 Å². The number of benzene rings is 2. The molecule has 2 aromatic rings. The summed E-state index contributed by atoms with van der Waals surface area (Å²) in [4.78, 5) is 36.7. The van der Waals surface area contributed by atoms with Crippen LogP contribution < -0.4 is 10.6 Å². The molecule has 178 valence electrons. The van der Waals surface area contributed by atoms with Crippen LogP contribution in [0.5, 0.6) is 0 Å². The molecule has 2 saturated carbocycles. The Morgan fingerprint density at radius 1 is 0.882 bits per heavy atom. The van der Waals surface area contributed by atoms with Crippen molar-refractivity contribution in [3.8, 4) is 11.1 Å². The zero-order chi connectivity index (χ0) is 23.7. The van der Waals surface area contributed by atoms with Gasteiger partial charge in [-0.05, 0) is 54.4 Å². The van der Waals surface area contributed by atoms with E-state index in [-0.39, 0.29) is 42.4 Å². The van der Waals surface area contributed by atoms with Crippen LogP contribution in [0.1, 0.15) is 55.6 Å². The first-order valence-corrected chi connectivity index (χ1v) is 12.2. The van der Waals surface area contributed by atoms with Gasteiger partial charge in [0.2, 0.25) is 5.91 Å². The van der Waals surface area contributed by atoms with Gasteiger partial charge in [0, 0.05) is 18.0 Å². The molecule has 0 aliphatic heterocycles. The number of hydrogen-bond donors (Lipinski definition) is 3. The molecule has 0 aromatic heterocycles. The molecule has 3 N–H and O–H groups in total. The zero-order valence-electron chi connectivity index (χ0n) is 19.0. The summed E-state index contributed by atoms with van der Waals surface area (Å²) < 4.78 is 5.66. The minimum Gasteiger partial charge on any atom is -0.481 e. The molecule has 7 nitrogen and oxygen atoms in total. The van der Waals surface area contributed by atoms with Crippen LogP contribution in [0.4, 0.5) is 4.79 Å². The fourth-order valence-corrected chi connectivity index (χ4v) is 5.88. The number of carboxylic acids is 1. The third-order valence-electron chi connectivity index (χ3n) is 7.63. The Balaban J connectivity index is 1.17. The van der Waals surface area contributed by atoms with E-state index < -0.39 is 12.1 Å². The molecule has 2 unspecified atom stereocenters. The molecule has 2 amide bonds. The molecule has 5 rings (SSSR count). The van der Waals surface area contributed by atoms with Gasteiger partial charge in [0.1, 0.15) is 6.61 Å². The van der Waals surface area contributed by atoms with Gasteiger partial charge >= 0.3 is 12.1 Å². The lowest BCUT2D eigenvalue weighted by Crippen LogP contribution is -2.46. The predicted molar refractivity (Wildman–Crippen MR) is 126 cm³/mol. The maximum Gasteiger partial charge on any atom is 0.407 e. The summed E-state index contributed by atoms with van der Waals surface area (Å²) in [6, 6.07) is 16.0. The molecule has 3 aliphatic rings. The molecule has 0 heterocycles. The molecule has 0 bridgehead atoms. The maximum absolute atomic E-state index is 12.9. The number of alkyl carbamates (subject to hydrolysis) is 1. The number of carbonyl (C=O) groups excluding carboxylic acids is 2. The standard InChI is InChI=1S/C27H30N2O5/c30-25(28-17-13-12-16(14-17)26(31)32)22-10-5-11-24(22)29-27(33)34-15-23-20-8-3-1-6-18(20)19-7-2-4-9-21(19)23/h1-4,6-9,16-17,22-24H,5,10-15H2,(H,28,30)(H,29,33)(H,31,32)/t16-,17+,22?,24?/m1/s1. The summed E-state index contributed by atoms with van der Waals surface area (Å²) in [6.07, 6.45) is 3.53. The van der Waals surface area contributed by atoms with Crippen LogP contribution in [-0.2, 0) is 14.3 Å². The maximum atomic E-state index is 12.9. The highest BCUT2D eigenvalue weighted by molar-refractivity contribution is 5.82. The van der Waals surface area contributed by atoms with Gasteiger partial charge < -0.3 is 20.5 Å². The van der Waals surface area contributed by atoms with E-state index in [4.69, 9.17) is 4.74 Å². The Kier molecular flexibility index (Phi) is 6.26. The van der Waals surface area contributed by atoms with Gasteiger partial charge in [-0.15, -0.1) is 0 Å². The van der Waals surface area contributed by atoms with Gasteiger partial charge in [0.15, 0.2) is 0 Å². The number of nitrogens with one attached hydrogen (secondary N) is 2. The topological polar surface area (TPSA) is 105 Å². The Morgan fingerprint density at radius 3 is 2.21 bits per heavy atom. The SMILES string of the molecule is O=C(NC1CCCC1C(=O)N[C@H]1CC[C@@H](C(=O)O)C1)OCC1c2ccccc2-c2ccccc21. The van der Waals surface area contributed by atoms with Crippen molar-refractivity contribution in [2.24, 2.45) is 11.8 Å². The highest BCUT2D eigenvalue weighted by atomic mass is 16.5. The third kappa shape index (κ3) is 4.39. The Labute approximate surface area is 198 Å². The Bertz CT molecular complexity index is 1050. The molecule has 0 saturated heterocycles. The first-order chi connectivity index (χ1) is 16.5. The molecule has 0 spiro atoms. The second-order valence-electron chi connectivity index (χ2n) is 9.67. The van der Waals surface area contributed by atoms with Crippen LogP contribution in [0.15, 0.2) is 48.5 Å². The van der Waals surface area contributed by atoms with Crippen molar-refractivity contribution in [1.29, 1.82) is 0 Å². The zero-order valence-corrected chi connectivity index (χ0v) is 19.0. The number of amides is 2. The quantitative estimate of drug-likeness (QED) is 0.600. The van der Waals surface area contributed by atoms with Crippen LogP contribution in [0.3, 0.4) is 0 Å². The molecule has 34 heavy (non-hydrogen) atoms. The van der Waals surface area contributed by atoms with Crippen LogP contribution in [-0.4, -0.2) is 41.8 Å². The van der Waals surface area contributed by atoms with Crippen molar-refractivity contribution in [2.75, 3.05) is 6.61 Å². The highest BCUT2D eigenvalue weighted by Crippen LogP contribution is 2.44. The minimum absolute atomic E-state index is 0.00892. The number of rotatable bonds is 6. The number of ether oxygens (including phenoxy) is 1. The predicted octanol–water partition coefficient (Wildman–Crippen LogP) is 4.06. The number of carbonyl (C=O) groups is 3. The van der Waals surface area contributed by atoms with Crippen LogP contribution in [0.2, 0.25) is 0 Å². The molecule has 3 aliphatic carbocycles. The van der Waals surface area contributed by atoms with Crippen molar-refractivity contribution >= 4 is 18.0 Å². The van der Waals surface area contributed by atoms with Crippen molar-refractivity contribution in [1.82, 2.24) is 10.6 Å². The number of hydrogen-bond acceptors (Lipinski definition) is 4. The van der Waals surface area contributed by atoms with Crippen LogP contribution in [0, 0.1) is 11.8 Å². The second kappa shape index (κ2) is 9.49. The number of aliphatic carboxylic acids is 1. The fraction of sp³-hybridized carbons (Fsp3) is 0.444. The first-order valence-electron chi connectivity index (χ1n) is 12.2. The normalized spacial score (nSPS) is 25.4. The third-order valence-corrected chi connectivity index (χ3v) is 7.63. The van der Waals surface area contributed by atoms with E-state index in [9.17, 15) is 19.5 Å². The average molecular weight is 463 g/mol. The summed E-state index contributed by atoms with van der Waals surface area (Å²) in [5, 5.41) is 15.1. The summed E-state index contributed by atoms with van der Waals surface area (Å²) >= 11 is 0. The van der Waals surface area contributed by atoms with E-state index in [1.165, 1.54) is 11.1 Å². The van der Waals surface area contributed by atoms with Crippen molar-refractivity contribution < 1.29 is 24.2 Å². The fourth-order valence-electron chi connectivity index (χ4n) is 5.88. The average Bonchev–Trinajstić information content (AvgIpc) is 3.56. The van der Waals surface area contributed by atoms with Gasteiger partial charge in [0.05, 0.1) is 11.8 Å². The van der Waals surface area contributed by atoms with E-state index in [0.29, 0.717) is 25.7 Å². The van der Waals surface area contributed by atoms with Gasteiger partial charge in [-0.1, -0.05) is 55.0 Å². The van der Waals surface area contributed by atoms with E-state index in [2.05, 4.69) is 34.9 Å². The summed E-state index contributed by atoms with van der Waals surface area (Å²) in [7, 11) is 0. The Morgan fingerprint density at radius 2 is 1.56 bits per heavy atom. The molecule has 0 radical (unpaired) electrons. The van der Waals surface area contributed by atoms with E-state index >= 15 is 0 Å². The molecular formula is C27H30N2O5. The largest absolute Gasteiger partial charge is 0.481 e. The lowest BCUT2D eigenvalue weighted by atomic mass is 9.98. The van der Waals surface area contributed by atoms with Crippen molar-refractivity contribution in [3.05, 3.63) is 59.7 Å². The minimum atomic E-state index is -0.799. The number of carboxylic acid groups (broad SMARTS) is 1. The molecular weight excluding hydrogens is 432 g/mol. The van der Waals surface area contributed by atoms with Crippen molar-refractivity contribution in [3.63, 3.8) is 0 Å². The lowest BCUT2D eigenvalue weighted by molar-refractivity contribution is -0.141. The second-order valence-corrected chi connectivity index (χ2v) is 9.67. The molecule has 2 fully saturated rings. The molecule has 4 atom stereocenters. The molecule has 7 heteroatoms. The highest BCUT2D eigenvalue weighted by Gasteiger charge is 2.37.